The summed E-state index contributed by atoms with van der Waals surface area (Å²) in [7, 11) is -3.19. The summed E-state index contributed by atoms with van der Waals surface area (Å²) in [5, 5.41) is 0. The van der Waals surface area contributed by atoms with Crippen LogP contribution >= 0.6 is 12.4 Å². The summed E-state index contributed by atoms with van der Waals surface area (Å²) in [6, 6.07) is 7.31. The molecule has 1 fully saturated rings. The second-order valence-corrected chi connectivity index (χ2v) is 7.61. The lowest BCUT2D eigenvalue weighted by Gasteiger charge is -2.32. The van der Waals surface area contributed by atoms with Gasteiger partial charge in [-0.25, -0.2) is 13.1 Å². The van der Waals surface area contributed by atoms with Crippen molar-refractivity contribution < 1.29 is 13.2 Å². The first-order valence-corrected chi connectivity index (χ1v) is 9.31. The highest BCUT2D eigenvalue weighted by molar-refractivity contribution is 7.88. The smallest absolute Gasteiger partial charge is 0.253 e. The number of nitrogens with one attached hydrogen (secondary N) is 1. The van der Waals surface area contributed by atoms with Crippen LogP contribution in [-0.4, -0.2) is 45.1 Å². The normalized spacial score (nSPS) is 18.3. The highest BCUT2D eigenvalue weighted by Crippen LogP contribution is 2.18. The molecule has 1 aliphatic rings. The van der Waals surface area contributed by atoms with Crippen LogP contribution in [0.4, 0.5) is 0 Å². The van der Waals surface area contributed by atoms with Gasteiger partial charge in [-0.05, 0) is 36.5 Å². The predicted molar refractivity (Wildman–Crippen MR) is 93.1 cm³/mol. The van der Waals surface area contributed by atoms with Crippen LogP contribution in [0.15, 0.2) is 24.3 Å². The fourth-order valence-electron chi connectivity index (χ4n) is 2.65. The van der Waals surface area contributed by atoms with Crippen LogP contribution in [0.3, 0.4) is 0 Å². The van der Waals surface area contributed by atoms with Crippen molar-refractivity contribution in [1.29, 1.82) is 0 Å². The van der Waals surface area contributed by atoms with Crippen LogP contribution in [0.1, 0.15) is 28.8 Å². The molecule has 0 radical (unpaired) electrons. The fraction of sp³-hybridized carbons (Fsp3) is 0.533. The predicted octanol–water partition coefficient (Wildman–Crippen LogP) is 0.968. The van der Waals surface area contributed by atoms with Gasteiger partial charge in [0.25, 0.3) is 5.91 Å². The van der Waals surface area contributed by atoms with E-state index >= 15 is 0 Å². The molecule has 1 heterocycles. The fourth-order valence-corrected chi connectivity index (χ4v) is 3.19. The van der Waals surface area contributed by atoms with E-state index in [1.54, 1.807) is 17.0 Å². The van der Waals surface area contributed by atoms with Gasteiger partial charge < -0.3 is 10.6 Å². The monoisotopic (exact) mass is 361 g/mol. The molecule has 0 spiro atoms. The van der Waals surface area contributed by atoms with E-state index in [9.17, 15) is 13.2 Å². The van der Waals surface area contributed by atoms with Gasteiger partial charge in [-0.15, -0.1) is 12.4 Å². The van der Waals surface area contributed by atoms with Crippen LogP contribution in [0, 0.1) is 5.92 Å². The summed E-state index contributed by atoms with van der Waals surface area (Å²) in [5.41, 5.74) is 7.19. The van der Waals surface area contributed by atoms with Gasteiger partial charge in [-0.1, -0.05) is 12.1 Å². The van der Waals surface area contributed by atoms with E-state index in [-0.39, 0.29) is 24.2 Å². The molecule has 0 aromatic heterocycles. The number of sulfonamides is 1. The number of rotatable bonds is 5. The molecule has 1 atom stereocenters. The molecule has 0 saturated carbocycles. The minimum Gasteiger partial charge on any atom is -0.338 e. The van der Waals surface area contributed by atoms with Gasteiger partial charge in [0.15, 0.2) is 0 Å². The molecule has 0 aliphatic carbocycles. The maximum atomic E-state index is 12.5. The number of nitrogens with zero attached hydrogens (tertiary/aromatic N) is 1. The Labute approximate surface area is 143 Å². The third-order valence-electron chi connectivity index (χ3n) is 3.88. The van der Waals surface area contributed by atoms with Crippen LogP contribution in [0.5, 0.6) is 0 Å². The van der Waals surface area contributed by atoms with Gasteiger partial charge in [0.05, 0.1) is 6.26 Å². The molecule has 1 amide bonds. The van der Waals surface area contributed by atoms with Crippen LogP contribution in [0.2, 0.25) is 0 Å². The molecule has 2 rings (SSSR count). The van der Waals surface area contributed by atoms with Gasteiger partial charge >= 0.3 is 0 Å². The first kappa shape index (κ1) is 19.9. The number of likely N-dealkylation sites (tertiary alicyclic amines) is 1. The van der Waals surface area contributed by atoms with E-state index < -0.39 is 10.0 Å². The second kappa shape index (κ2) is 8.63. The van der Waals surface area contributed by atoms with Crippen molar-refractivity contribution >= 4 is 28.3 Å². The molecule has 6 nitrogen and oxygen atoms in total. The molecule has 3 N–H and O–H groups in total. The van der Waals surface area contributed by atoms with Crippen molar-refractivity contribution in [3.63, 3.8) is 0 Å². The zero-order valence-electron chi connectivity index (χ0n) is 13.2. The van der Waals surface area contributed by atoms with Crippen molar-refractivity contribution in [3.05, 3.63) is 35.4 Å². The Bertz CT molecular complexity index is 619. The topological polar surface area (TPSA) is 92.5 Å². The van der Waals surface area contributed by atoms with Crippen molar-refractivity contribution in [2.45, 2.75) is 19.4 Å². The number of halogens is 1. The number of benzene rings is 1. The van der Waals surface area contributed by atoms with E-state index in [1.165, 1.54) is 0 Å². The Morgan fingerprint density at radius 3 is 2.57 bits per heavy atom. The summed E-state index contributed by atoms with van der Waals surface area (Å²) in [6.45, 7) is 2.14. The minimum absolute atomic E-state index is 0. The standard InChI is InChI=1S/C15H23N3O3S.ClH/c1-22(20,21)17-10-13-3-2-8-18(11-13)15(19)14-6-4-12(9-16)5-7-14;/h4-7,13,17H,2-3,8-11,16H2,1H3;1H. The van der Waals surface area contributed by atoms with E-state index in [4.69, 9.17) is 5.73 Å². The summed E-state index contributed by atoms with van der Waals surface area (Å²) in [6.07, 6.45) is 2.97. The SMILES string of the molecule is CS(=O)(=O)NCC1CCCN(C(=O)c2ccc(CN)cc2)C1.Cl. The number of carbonyl (C=O) groups excluding carboxylic acids is 1. The van der Waals surface area contributed by atoms with E-state index in [0.717, 1.165) is 24.7 Å². The first-order valence-electron chi connectivity index (χ1n) is 7.42. The average Bonchev–Trinajstić information content (AvgIpc) is 2.52. The van der Waals surface area contributed by atoms with Gasteiger partial charge in [0, 0.05) is 31.7 Å². The lowest BCUT2D eigenvalue weighted by Crippen LogP contribution is -2.43. The van der Waals surface area contributed by atoms with Crippen molar-refractivity contribution in [2.24, 2.45) is 11.7 Å². The van der Waals surface area contributed by atoms with E-state index in [0.29, 0.717) is 31.7 Å². The Morgan fingerprint density at radius 2 is 2.00 bits per heavy atom. The molecule has 130 valence electrons. The van der Waals surface area contributed by atoms with Crippen LogP contribution < -0.4 is 10.5 Å². The number of piperidine rings is 1. The second-order valence-electron chi connectivity index (χ2n) is 5.78. The van der Waals surface area contributed by atoms with Crippen LogP contribution in [0.25, 0.3) is 0 Å². The number of amides is 1. The molecule has 1 aromatic rings. The molecular formula is C15H24ClN3O3S. The molecule has 23 heavy (non-hydrogen) atoms. The molecule has 1 unspecified atom stereocenters. The lowest BCUT2D eigenvalue weighted by molar-refractivity contribution is 0.0676. The third kappa shape index (κ3) is 6.10. The quantitative estimate of drug-likeness (QED) is 0.817. The maximum absolute atomic E-state index is 12.5. The number of hydrogen-bond donors (Lipinski definition) is 2. The Balaban J connectivity index is 0.00000264. The van der Waals surface area contributed by atoms with Crippen molar-refractivity contribution in [3.8, 4) is 0 Å². The third-order valence-corrected chi connectivity index (χ3v) is 4.57. The van der Waals surface area contributed by atoms with Gasteiger partial charge in [-0.2, -0.15) is 0 Å². The molecule has 1 aromatic carbocycles. The Morgan fingerprint density at radius 1 is 1.35 bits per heavy atom. The summed E-state index contributed by atoms with van der Waals surface area (Å²) < 4.78 is 24.9. The number of carbonyl (C=O) groups is 1. The lowest BCUT2D eigenvalue weighted by atomic mass is 9.97. The van der Waals surface area contributed by atoms with Crippen molar-refractivity contribution in [2.75, 3.05) is 25.9 Å². The number of hydrogen-bond acceptors (Lipinski definition) is 4. The molecule has 1 aliphatic heterocycles. The molecular weight excluding hydrogens is 338 g/mol. The highest BCUT2D eigenvalue weighted by atomic mass is 35.5. The summed E-state index contributed by atoms with van der Waals surface area (Å²) in [5.74, 6) is 0.156. The highest BCUT2D eigenvalue weighted by Gasteiger charge is 2.24. The van der Waals surface area contributed by atoms with Gasteiger partial charge in [0.1, 0.15) is 0 Å². The minimum atomic E-state index is -3.19. The summed E-state index contributed by atoms with van der Waals surface area (Å²) >= 11 is 0. The largest absolute Gasteiger partial charge is 0.338 e. The van der Waals surface area contributed by atoms with E-state index in [2.05, 4.69) is 4.72 Å². The Hall–Kier alpha value is -1.15. The van der Waals surface area contributed by atoms with Crippen LogP contribution in [-0.2, 0) is 16.6 Å². The van der Waals surface area contributed by atoms with E-state index in [1.807, 2.05) is 12.1 Å². The average molecular weight is 362 g/mol. The Kier molecular flexibility index (Phi) is 7.47. The van der Waals surface area contributed by atoms with Gasteiger partial charge in [-0.3, -0.25) is 4.79 Å². The van der Waals surface area contributed by atoms with Crippen molar-refractivity contribution in [1.82, 2.24) is 9.62 Å². The van der Waals surface area contributed by atoms with Gasteiger partial charge in [0.2, 0.25) is 10.0 Å². The zero-order valence-corrected chi connectivity index (χ0v) is 14.8. The maximum Gasteiger partial charge on any atom is 0.253 e. The first-order chi connectivity index (χ1) is 10.4. The zero-order chi connectivity index (χ0) is 16.2. The number of nitrogens with two attached hydrogens (primary N) is 1. The molecule has 0 bridgehead atoms. The molecule has 1 saturated heterocycles. The molecule has 8 heteroatoms. The summed E-state index contributed by atoms with van der Waals surface area (Å²) in [4.78, 5) is 14.3.